The number of nitrogens with zero attached hydrogens (tertiary/aromatic N) is 5. The Labute approximate surface area is 148 Å². The molecule has 1 aromatic carbocycles. The lowest BCUT2D eigenvalue weighted by atomic mass is 10.1. The minimum absolute atomic E-state index is 0.234. The van der Waals surface area contributed by atoms with Crippen molar-refractivity contribution in [3.05, 3.63) is 61.5 Å². The maximum atomic E-state index is 7.92. The summed E-state index contributed by atoms with van der Waals surface area (Å²) in [6.07, 6.45) is 4.90. The Morgan fingerprint density at radius 3 is 2.72 bits per heavy atom. The topological polar surface area (TPSA) is 58.3 Å². The molecular weight excluding hydrogens is 314 g/mol. The first-order chi connectivity index (χ1) is 13.4. The number of pyridine rings is 1. The number of aromatic nitrogens is 3. The average Bonchev–Trinajstić information content (AvgIpc) is 3.16. The fourth-order valence-electron chi connectivity index (χ4n) is 3.25. The summed E-state index contributed by atoms with van der Waals surface area (Å²) in [5.74, 6) is 0.630. The highest BCUT2D eigenvalue weighted by atomic mass is 16.3. The zero-order valence-corrected chi connectivity index (χ0v) is 13.4. The first-order valence-corrected chi connectivity index (χ1v) is 7.75. The molecule has 0 N–H and O–H groups in total. The summed E-state index contributed by atoms with van der Waals surface area (Å²) in [5, 5.41) is 1.77. The number of benzene rings is 1. The highest BCUT2D eigenvalue weighted by Crippen LogP contribution is 2.47. The predicted molar refractivity (Wildman–Crippen MR) is 97.4 cm³/mol. The van der Waals surface area contributed by atoms with E-state index in [1.807, 2.05) is 31.2 Å². The van der Waals surface area contributed by atoms with Crippen LogP contribution in [0.25, 0.3) is 22.1 Å². The van der Waals surface area contributed by atoms with Crippen LogP contribution in [0.1, 0.15) is 9.68 Å². The van der Waals surface area contributed by atoms with Gasteiger partial charge < -0.3 is 9.32 Å². The minimum atomic E-state index is -2.45. The van der Waals surface area contributed by atoms with E-state index in [-0.39, 0.29) is 12.0 Å². The second-order valence-electron chi connectivity index (χ2n) is 5.86. The van der Waals surface area contributed by atoms with Crippen LogP contribution in [0.15, 0.2) is 47.3 Å². The molecule has 25 heavy (non-hydrogen) atoms. The number of hydrogen-bond donors (Lipinski definition) is 0. The van der Waals surface area contributed by atoms with Gasteiger partial charge in [0.15, 0.2) is 23.4 Å². The van der Waals surface area contributed by atoms with Crippen molar-refractivity contribution >= 4 is 39.4 Å². The van der Waals surface area contributed by atoms with Crippen molar-refractivity contribution in [1.82, 2.24) is 15.0 Å². The zero-order chi connectivity index (χ0) is 19.6. The van der Waals surface area contributed by atoms with Crippen molar-refractivity contribution < 1.29 is 8.53 Å². The number of fused-ring (bicyclic) bond motifs is 4. The monoisotopic (exact) mass is 332 g/mol. The van der Waals surface area contributed by atoms with Crippen LogP contribution in [0.5, 0.6) is 0 Å². The maximum Gasteiger partial charge on any atom is 0.227 e. The van der Waals surface area contributed by atoms with Gasteiger partial charge in [-0.2, -0.15) is 0 Å². The molecule has 0 amide bonds. The van der Waals surface area contributed by atoms with Crippen molar-refractivity contribution in [3.8, 4) is 0 Å². The molecule has 0 bridgehead atoms. The molecule has 122 valence electrons. The normalized spacial score (nSPS) is 17.0. The predicted octanol–water partition coefficient (Wildman–Crippen LogP) is 3.99. The van der Waals surface area contributed by atoms with Crippen LogP contribution in [0.2, 0.25) is 0 Å². The molecule has 0 spiro atoms. The van der Waals surface area contributed by atoms with Crippen molar-refractivity contribution in [2.24, 2.45) is 0 Å². The Kier molecular flexibility index (Phi) is 2.25. The van der Waals surface area contributed by atoms with E-state index in [0.717, 1.165) is 21.2 Å². The molecule has 0 unspecified atom stereocenters. The molecule has 3 aromatic heterocycles. The summed E-state index contributed by atoms with van der Waals surface area (Å²) in [6.45, 7) is 3.51. The van der Waals surface area contributed by atoms with Crippen molar-refractivity contribution in [2.45, 2.75) is 6.92 Å². The Morgan fingerprint density at radius 1 is 1.04 bits per heavy atom. The van der Waals surface area contributed by atoms with Crippen LogP contribution in [-0.4, -0.2) is 21.9 Å². The van der Waals surface area contributed by atoms with Gasteiger partial charge in [-0.05, 0) is 31.5 Å². The quantitative estimate of drug-likeness (QED) is 0.525. The molecule has 0 atom stereocenters. The van der Waals surface area contributed by atoms with Gasteiger partial charge in [0.25, 0.3) is 0 Å². The number of hydrogen-bond acceptors (Lipinski definition) is 6. The minimum Gasteiger partial charge on any atom is -0.435 e. The largest absolute Gasteiger partial charge is 0.435 e. The molecule has 4 heterocycles. The lowest BCUT2D eigenvalue weighted by Crippen LogP contribution is -2.28. The van der Waals surface area contributed by atoms with E-state index in [0.29, 0.717) is 22.8 Å². The first-order valence-electron chi connectivity index (χ1n) is 9.25. The van der Waals surface area contributed by atoms with Gasteiger partial charge in [-0.1, -0.05) is 12.1 Å². The maximum absolute atomic E-state index is 7.92. The second kappa shape index (κ2) is 4.92. The molecule has 0 aliphatic carbocycles. The molecule has 1 aliphatic rings. The molecule has 0 saturated carbocycles. The Balaban J connectivity index is 1.82. The van der Waals surface area contributed by atoms with Gasteiger partial charge in [0.1, 0.15) is 0 Å². The molecule has 0 fully saturated rings. The van der Waals surface area contributed by atoms with Crippen LogP contribution in [0.4, 0.5) is 17.3 Å². The average molecular weight is 332 g/mol. The van der Waals surface area contributed by atoms with Crippen LogP contribution in [-0.2, 0) is 0 Å². The summed E-state index contributed by atoms with van der Waals surface area (Å²) in [5.41, 5.74) is 2.67. The third-order valence-electron chi connectivity index (χ3n) is 4.42. The molecule has 4 aromatic rings. The smallest absolute Gasteiger partial charge is 0.227 e. The van der Waals surface area contributed by atoms with Gasteiger partial charge in [0.2, 0.25) is 5.71 Å². The van der Waals surface area contributed by atoms with Gasteiger partial charge in [0, 0.05) is 40.5 Å². The SMILES string of the molecule is [2H]C([2H])([2H])N1[C]([CH2])N(c2c(C)ccc3c2oc2ncccc23)c2nccnc21. The van der Waals surface area contributed by atoms with E-state index < -0.39 is 6.98 Å². The molecule has 0 saturated heterocycles. The Bertz CT molecular complexity index is 1220. The molecule has 1 aliphatic heterocycles. The molecule has 6 nitrogen and oxygen atoms in total. The fraction of sp³-hybridized carbons (Fsp3) is 0.105. The van der Waals surface area contributed by atoms with E-state index in [4.69, 9.17) is 8.53 Å². The highest BCUT2D eigenvalue weighted by Gasteiger charge is 2.37. The first kappa shape index (κ1) is 11.4. The number of furan rings is 1. The third-order valence-corrected chi connectivity index (χ3v) is 4.42. The van der Waals surface area contributed by atoms with Crippen molar-refractivity contribution in [2.75, 3.05) is 16.8 Å². The van der Waals surface area contributed by atoms with Crippen LogP contribution < -0.4 is 9.80 Å². The summed E-state index contributed by atoms with van der Waals surface area (Å²) in [6, 6.07) is 7.72. The molecule has 5 rings (SSSR count). The summed E-state index contributed by atoms with van der Waals surface area (Å²) >= 11 is 0. The van der Waals surface area contributed by atoms with Crippen LogP contribution >= 0.6 is 0 Å². The standard InChI is InChI=1S/C19H15N5O/c1-11-6-7-13-14-5-4-8-22-19(14)25-16(13)15(11)24-12(2)23(3)17-18(24)21-10-9-20-17/h4-10H,2H2,1,3H3/i3D3. The molecule has 6 heteroatoms. The summed E-state index contributed by atoms with van der Waals surface area (Å²) in [7, 11) is 0. The van der Waals surface area contributed by atoms with Crippen LogP contribution in [0, 0.1) is 20.0 Å². The number of rotatable bonds is 1. The number of anilines is 3. The summed E-state index contributed by atoms with van der Waals surface area (Å²) in [4.78, 5) is 15.7. The lowest BCUT2D eigenvalue weighted by Gasteiger charge is -2.26. The Morgan fingerprint density at radius 2 is 1.88 bits per heavy atom. The molecule has 2 radical (unpaired) electrons. The summed E-state index contributed by atoms with van der Waals surface area (Å²) < 4.78 is 29.8. The lowest BCUT2D eigenvalue weighted by molar-refractivity contribution is 0.653. The molecular formula is C19H15N5O. The van der Waals surface area contributed by atoms with E-state index in [1.54, 1.807) is 11.1 Å². The van der Waals surface area contributed by atoms with Crippen LogP contribution in [0.3, 0.4) is 0 Å². The zero-order valence-electron chi connectivity index (χ0n) is 16.4. The second-order valence-corrected chi connectivity index (χ2v) is 5.86. The van der Waals surface area contributed by atoms with Gasteiger partial charge in [-0.25, -0.2) is 15.0 Å². The Hall–Kier alpha value is -3.15. The van der Waals surface area contributed by atoms with E-state index in [1.165, 1.54) is 12.4 Å². The van der Waals surface area contributed by atoms with Gasteiger partial charge >= 0.3 is 0 Å². The third kappa shape index (κ3) is 1.82. The van der Waals surface area contributed by atoms with E-state index in [9.17, 15) is 0 Å². The van der Waals surface area contributed by atoms with Gasteiger partial charge in [-0.3, -0.25) is 4.90 Å². The van der Waals surface area contributed by atoms with Crippen molar-refractivity contribution in [3.63, 3.8) is 0 Å². The fourth-order valence-corrected chi connectivity index (χ4v) is 3.25. The van der Waals surface area contributed by atoms with Crippen molar-refractivity contribution in [1.29, 1.82) is 0 Å². The van der Waals surface area contributed by atoms with E-state index in [2.05, 4.69) is 21.9 Å². The number of aryl methyl sites for hydroxylation is 1. The van der Waals surface area contributed by atoms with Gasteiger partial charge in [0.05, 0.1) is 5.69 Å². The highest BCUT2D eigenvalue weighted by molar-refractivity contribution is 6.10. The van der Waals surface area contributed by atoms with E-state index >= 15 is 0 Å². The van der Waals surface area contributed by atoms with Gasteiger partial charge in [-0.15, -0.1) is 0 Å².